The van der Waals surface area contributed by atoms with E-state index in [9.17, 15) is 14.4 Å². The highest BCUT2D eigenvalue weighted by Crippen LogP contribution is 2.29. The van der Waals surface area contributed by atoms with Crippen LogP contribution < -0.4 is 10.2 Å². The van der Waals surface area contributed by atoms with Gasteiger partial charge < -0.3 is 15.1 Å². The Labute approximate surface area is 178 Å². The molecule has 162 valence electrons. The van der Waals surface area contributed by atoms with Crippen molar-refractivity contribution in [3.8, 4) is 0 Å². The van der Waals surface area contributed by atoms with Gasteiger partial charge in [0.05, 0.1) is 12.5 Å². The number of nitrogens with zero attached hydrogens (tertiary/aromatic N) is 3. The fourth-order valence-electron chi connectivity index (χ4n) is 4.26. The molecule has 2 saturated heterocycles. The fourth-order valence-corrected chi connectivity index (χ4v) is 4.26. The molecule has 3 amide bonds. The molecule has 1 aromatic carbocycles. The average Bonchev–Trinajstić information content (AvgIpc) is 3.46. The molecule has 2 heterocycles. The lowest BCUT2D eigenvalue weighted by Gasteiger charge is -2.35. The lowest BCUT2D eigenvalue weighted by Crippen LogP contribution is -2.52. The van der Waals surface area contributed by atoms with Crippen molar-refractivity contribution in [1.29, 1.82) is 0 Å². The molecule has 1 atom stereocenters. The number of hydrogen-bond acceptors (Lipinski definition) is 4. The number of amides is 3. The maximum Gasteiger partial charge on any atom is 0.234 e. The number of nitrogens with one attached hydrogen (secondary N) is 1. The zero-order chi connectivity index (χ0) is 21.3. The van der Waals surface area contributed by atoms with Crippen molar-refractivity contribution in [1.82, 2.24) is 15.1 Å². The Hall–Kier alpha value is -2.41. The molecule has 30 heavy (non-hydrogen) atoms. The van der Waals surface area contributed by atoms with Gasteiger partial charge in [-0.15, -0.1) is 0 Å². The first kappa shape index (κ1) is 20.8. The third-order valence-electron chi connectivity index (χ3n) is 6.32. The molecule has 2 aliphatic heterocycles. The lowest BCUT2D eigenvalue weighted by molar-refractivity contribution is -0.137. The molecule has 1 aliphatic carbocycles. The maximum absolute atomic E-state index is 13.0. The molecule has 0 spiro atoms. The second-order valence-corrected chi connectivity index (χ2v) is 9.10. The van der Waals surface area contributed by atoms with E-state index in [4.69, 9.17) is 0 Å². The summed E-state index contributed by atoms with van der Waals surface area (Å²) < 4.78 is 0. The van der Waals surface area contributed by atoms with Gasteiger partial charge in [0.1, 0.15) is 0 Å². The molecule has 0 bridgehead atoms. The lowest BCUT2D eigenvalue weighted by atomic mass is 10.0. The summed E-state index contributed by atoms with van der Waals surface area (Å²) in [5.74, 6) is 0.267. The summed E-state index contributed by atoms with van der Waals surface area (Å²) in [6.07, 6.45) is 2.45. The Morgan fingerprint density at radius 1 is 1.13 bits per heavy atom. The van der Waals surface area contributed by atoms with Crippen molar-refractivity contribution in [3.05, 3.63) is 29.8 Å². The van der Waals surface area contributed by atoms with Gasteiger partial charge in [-0.25, -0.2) is 0 Å². The molecule has 1 unspecified atom stereocenters. The third-order valence-corrected chi connectivity index (χ3v) is 6.32. The van der Waals surface area contributed by atoms with E-state index >= 15 is 0 Å². The Balaban J connectivity index is 1.29. The summed E-state index contributed by atoms with van der Waals surface area (Å²) in [5, 5.41) is 3.01. The number of carbonyl (C=O) groups excluding carboxylic acids is 3. The van der Waals surface area contributed by atoms with Crippen molar-refractivity contribution < 1.29 is 14.4 Å². The fraction of sp³-hybridized carbons (Fsp3) is 0.609. The van der Waals surface area contributed by atoms with E-state index in [-0.39, 0.29) is 30.1 Å². The summed E-state index contributed by atoms with van der Waals surface area (Å²) in [5.41, 5.74) is 2.07. The van der Waals surface area contributed by atoms with Crippen molar-refractivity contribution in [2.24, 2.45) is 5.92 Å². The summed E-state index contributed by atoms with van der Waals surface area (Å²) >= 11 is 0. The van der Waals surface area contributed by atoms with Crippen LogP contribution in [0.15, 0.2) is 24.3 Å². The first-order valence-electron chi connectivity index (χ1n) is 11.1. The van der Waals surface area contributed by atoms with Gasteiger partial charge in [-0.1, -0.05) is 26.0 Å². The van der Waals surface area contributed by atoms with Crippen LogP contribution in [0, 0.1) is 5.92 Å². The van der Waals surface area contributed by atoms with Crippen molar-refractivity contribution in [2.45, 2.75) is 45.1 Å². The Bertz CT molecular complexity index is 812. The zero-order valence-electron chi connectivity index (χ0n) is 18.0. The summed E-state index contributed by atoms with van der Waals surface area (Å²) in [6, 6.07) is 8.43. The molecule has 0 radical (unpaired) electrons. The van der Waals surface area contributed by atoms with E-state index in [1.165, 1.54) is 5.56 Å². The highest BCUT2D eigenvalue weighted by molar-refractivity contribution is 6.00. The van der Waals surface area contributed by atoms with E-state index in [0.717, 1.165) is 18.5 Å². The number of piperazine rings is 1. The number of rotatable bonds is 6. The molecule has 3 fully saturated rings. The molecule has 7 heteroatoms. The molecule has 1 aromatic rings. The van der Waals surface area contributed by atoms with Crippen LogP contribution in [0.2, 0.25) is 0 Å². The third kappa shape index (κ3) is 4.83. The summed E-state index contributed by atoms with van der Waals surface area (Å²) in [6.45, 7) is 7.74. The molecule has 0 aromatic heterocycles. The van der Waals surface area contributed by atoms with Gasteiger partial charge in [-0.3, -0.25) is 19.3 Å². The van der Waals surface area contributed by atoms with Crippen LogP contribution in [0.5, 0.6) is 0 Å². The van der Waals surface area contributed by atoms with E-state index in [1.54, 1.807) is 4.90 Å². The first-order valence-corrected chi connectivity index (χ1v) is 11.1. The number of carbonyl (C=O) groups is 3. The van der Waals surface area contributed by atoms with E-state index < -0.39 is 0 Å². The Kier molecular flexibility index (Phi) is 6.09. The van der Waals surface area contributed by atoms with Crippen LogP contribution in [-0.4, -0.2) is 72.8 Å². The monoisotopic (exact) mass is 412 g/mol. The van der Waals surface area contributed by atoms with Gasteiger partial charge in [0.25, 0.3) is 0 Å². The van der Waals surface area contributed by atoms with Gasteiger partial charge in [-0.2, -0.15) is 0 Å². The minimum Gasteiger partial charge on any atom is -0.352 e. The average molecular weight is 413 g/mol. The van der Waals surface area contributed by atoms with E-state index in [1.807, 2.05) is 17.0 Å². The number of hydrogen-bond donors (Lipinski definition) is 1. The molecule has 4 rings (SSSR count). The predicted octanol–water partition coefficient (Wildman–Crippen LogP) is 1.59. The van der Waals surface area contributed by atoms with Crippen molar-refractivity contribution in [3.63, 3.8) is 0 Å². The van der Waals surface area contributed by atoms with Gasteiger partial charge in [0, 0.05) is 50.9 Å². The molecular weight excluding hydrogens is 380 g/mol. The largest absolute Gasteiger partial charge is 0.352 e. The molecule has 3 aliphatic rings. The number of anilines is 1. The second-order valence-electron chi connectivity index (χ2n) is 9.10. The van der Waals surface area contributed by atoms with E-state index in [2.05, 4.69) is 36.2 Å². The molecule has 1 N–H and O–H groups in total. The molecular formula is C23H32N4O3. The van der Waals surface area contributed by atoms with E-state index in [0.29, 0.717) is 51.2 Å². The quantitative estimate of drug-likeness (QED) is 0.770. The van der Waals surface area contributed by atoms with Crippen molar-refractivity contribution in [2.75, 3.05) is 44.2 Å². The predicted molar refractivity (Wildman–Crippen MR) is 115 cm³/mol. The van der Waals surface area contributed by atoms with Crippen LogP contribution in [-0.2, 0) is 14.4 Å². The summed E-state index contributed by atoms with van der Waals surface area (Å²) in [7, 11) is 0. The van der Waals surface area contributed by atoms with Crippen LogP contribution in [0.25, 0.3) is 0 Å². The zero-order valence-corrected chi connectivity index (χ0v) is 18.0. The van der Waals surface area contributed by atoms with Gasteiger partial charge in [-0.05, 0) is 36.5 Å². The first-order chi connectivity index (χ1) is 14.4. The highest BCUT2D eigenvalue weighted by Gasteiger charge is 2.38. The van der Waals surface area contributed by atoms with Gasteiger partial charge >= 0.3 is 0 Å². The highest BCUT2D eigenvalue weighted by atomic mass is 16.2. The standard InChI is InChI=1S/C23H32N4O3/c1-16(2)17-4-3-5-20(12-17)27-14-18(13-22(27)29)23(30)26-10-8-25(9-11-26)15-21(28)24-19-6-7-19/h3-5,12,16,18-19H,6-11,13-15H2,1-2H3,(H,24,28). The maximum atomic E-state index is 13.0. The van der Waals surface area contributed by atoms with Gasteiger partial charge in [0.2, 0.25) is 17.7 Å². The second kappa shape index (κ2) is 8.76. The van der Waals surface area contributed by atoms with Crippen LogP contribution in [0.3, 0.4) is 0 Å². The smallest absolute Gasteiger partial charge is 0.234 e. The molecule has 7 nitrogen and oxygen atoms in total. The SMILES string of the molecule is CC(C)c1cccc(N2CC(C(=O)N3CCN(CC(=O)NC4CC4)CC3)CC2=O)c1. The number of benzene rings is 1. The Morgan fingerprint density at radius 2 is 1.87 bits per heavy atom. The Morgan fingerprint density at radius 3 is 2.53 bits per heavy atom. The van der Waals surface area contributed by atoms with Crippen LogP contribution in [0.1, 0.15) is 44.6 Å². The molecule has 1 saturated carbocycles. The van der Waals surface area contributed by atoms with Crippen molar-refractivity contribution >= 4 is 23.4 Å². The van der Waals surface area contributed by atoms with Crippen LogP contribution >= 0.6 is 0 Å². The summed E-state index contributed by atoms with van der Waals surface area (Å²) in [4.78, 5) is 43.4. The minimum atomic E-state index is -0.287. The van der Waals surface area contributed by atoms with Gasteiger partial charge in [0.15, 0.2) is 0 Å². The normalized spacial score (nSPS) is 22.6. The minimum absolute atomic E-state index is 0.0182. The van der Waals surface area contributed by atoms with Crippen LogP contribution in [0.4, 0.5) is 5.69 Å². The topological polar surface area (TPSA) is 73.0 Å².